The zero-order valence-corrected chi connectivity index (χ0v) is 18.5. The summed E-state index contributed by atoms with van der Waals surface area (Å²) in [5.74, 6) is 0.780. The first-order chi connectivity index (χ1) is 12.1. The van der Waals surface area contributed by atoms with Crippen molar-refractivity contribution in [1.82, 2.24) is 15.5 Å². The van der Waals surface area contributed by atoms with Crippen LogP contribution in [-0.2, 0) is 17.8 Å². The molecule has 1 atom stereocenters. The summed E-state index contributed by atoms with van der Waals surface area (Å²) in [5.41, 5.74) is 2.55. The highest BCUT2D eigenvalue weighted by Gasteiger charge is 2.34. The van der Waals surface area contributed by atoms with Gasteiger partial charge in [-0.15, -0.1) is 24.0 Å². The zero-order valence-electron chi connectivity index (χ0n) is 16.1. The van der Waals surface area contributed by atoms with Crippen LogP contribution < -0.4 is 10.6 Å². The van der Waals surface area contributed by atoms with Gasteiger partial charge in [0, 0.05) is 45.3 Å². The quantitative estimate of drug-likeness (QED) is 0.304. The predicted octanol–water partition coefficient (Wildman–Crippen LogP) is 1.82. The maximum absolute atomic E-state index is 9.32. The number of halogens is 1. The molecule has 1 aromatic rings. The molecule has 0 aliphatic carbocycles. The number of aliphatic hydroxyl groups excluding tert-OH is 1. The Balaban J connectivity index is 0.00000338. The Labute approximate surface area is 174 Å². The normalized spacial score (nSPS) is 20.1. The Morgan fingerprint density at radius 1 is 1.31 bits per heavy atom. The van der Waals surface area contributed by atoms with E-state index < -0.39 is 0 Å². The summed E-state index contributed by atoms with van der Waals surface area (Å²) >= 11 is 0. The molecule has 1 heterocycles. The van der Waals surface area contributed by atoms with Crippen molar-refractivity contribution in [3.05, 3.63) is 35.4 Å². The van der Waals surface area contributed by atoms with Gasteiger partial charge >= 0.3 is 0 Å². The summed E-state index contributed by atoms with van der Waals surface area (Å²) in [6, 6.07) is 8.59. The first-order valence-electron chi connectivity index (χ1n) is 8.92. The molecular weight excluding hydrogens is 443 g/mol. The lowest BCUT2D eigenvalue weighted by atomic mass is 9.84. The van der Waals surface area contributed by atoms with E-state index in [-0.39, 0.29) is 36.0 Å². The molecule has 7 heteroatoms. The highest BCUT2D eigenvalue weighted by molar-refractivity contribution is 14.0. The third-order valence-corrected chi connectivity index (χ3v) is 4.63. The van der Waals surface area contributed by atoms with Crippen LogP contribution in [0.25, 0.3) is 0 Å². The van der Waals surface area contributed by atoms with E-state index in [1.54, 1.807) is 7.05 Å². The highest BCUT2D eigenvalue weighted by atomic mass is 127. The molecule has 0 amide bonds. The Kier molecular flexibility index (Phi) is 10.4. The number of ether oxygens (including phenoxy) is 1. The molecule has 0 aromatic heterocycles. The number of rotatable bonds is 8. The Morgan fingerprint density at radius 3 is 2.69 bits per heavy atom. The molecule has 0 saturated carbocycles. The van der Waals surface area contributed by atoms with Gasteiger partial charge in [0.15, 0.2) is 5.96 Å². The third-order valence-electron chi connectivity index (χ3n) is 4.63. The average molecular weight is 476 g/mol. The zero-order chi connectivity index (χ0) is 18.1. The number of nitrogens with one attached hydrogen (secondary N) is 2. The molecule has 0 spiro atoms. The van der Waals surface area contributed by atoms with Crippen molar-refractivity contribution in [2.24, 2.45) is 10.4 Å². The average Bonchev–Trinajstić information content (AvgIpc) is 3.04. The number of hydrogen-bond acceptors (Lipinski definition) is 4. The Morgan fingerprint density at radius 2 is 2.08 bits per heavy atom. The van der Waals surface area contributed by atoms with E-state index in [1.165, 1.54) is 11.1 Å². The van der Waals surface area contributed by atoms with Crippen LogP contribution in [0, 0.1) is 5.41 Å². The van der Waals surface area contributed by atoms with Crippen molar-refractivity contribution >= 4 is 29.9 Å². The van der Waals surface area contributed by atoms with E-state index in [2.05, 4.69) is 58.9 Å². The van der Waals surface area contributed by atoms with E-state index in [9.17, 15) is 5.11 Å². The summed E-state index contributed by atoms with van der Waals surface area (Å²) in [6.45, 7) is 4.08. The van der Waals surface area contributed by atoms with Crippen LogP contribution in [-0.4, -0.2) is 63.5 Å². The van der Waals surface area contributed by atoms with Gasteiger partial charge in [0.25, 0.3) is 0 Å². The van der Waals surface area contributed by atoms with Gasteiger partial charge < -0.3 is 25.4 Å². The second-order valence-corrected chi connectivity index (χ2v) is 7.11. The van der Waals surface area contributed by atoms with Gasteiger partial charge in [-0.3, -0.25) is 4.99 Å². The molecule has 2 rings (SSSR count). The molecule has 0 bridgehead atoms. The molecule has 1 aromatic carbocycles. The van der Waals surface area contributed by atoms with Gasteiger partial charge in [-0.2, -0.15) is 0 Å². The largest absolute Gasteiger partial charge is 0.396 e. The SMILES string of the molecule is CN=C(NCc1cccc(CN(C)C)c1)NCC1(CCO)CCOC1.I. The van der Waals surface area contributed by atoms with Gasteiger partial charge in [-0.1, -0.05) is 24.3 Å². The topological polar surface area (TPSA) is 69.1 Å². The summed E-state index contributed by atoms with van der Waals surface area (Å²) < 4.78 is 5.54. The maximum atomic E-state index is 9.32. The van der Waals surface area contributed by atoms with Crippen molar-refractivity contribution in [1.29, 1.82) is 0 Å². The summed E-state index contributed by atoms with van der Waals surface area (Å²) in [6.07, 6.45) is 1.73. The van der Waals surface area contributed by atoms with Crippen molar-refractivity contribution in [2.75, 3.05) is 47.5 Å². The number of guanidine groups is 1. The summed E-state index contributed by atoms with van der Waals surface area (Å²) in [4.78, 5) is 6.47. The van der Waals surface area contributed by atoms with Crippen molar-refractivity contribution < 1.29 is 9.84 Å². The highest BCUT2D eigenvalue weighted by Crippen LogP contribution is 2.31. The van der Waals surface area contributed by atoms with E-state index in [1.807, 2.05) is 0 Å². The standard InChI is InChI=1S/C19H32N4O2.HI/c1-20-18(22-14-19(7-9-24)8-10-25-15-19)21-12-16-5-4-6-17(11-16)13-23(2)3;/h4-6,11,24H,7-10,12-15H2,1-3H3,(H2,20,21,22);1H. The van der Waals surface area contributed by atoms with Crippen LogP contribution in [0.1, 0.15) is 24.0 Å². The van der Waals surface area contributed by atoms with Gasteiger partial charge in [-0.05, 0) is 38.1 Å². The lowest BCUT2D eigenvalue weighted by molar-refractivity contribution is 0.127. The molecule has 6 nitrogen and oxygen atoms in total. The smallest absolute Gasteiger partial charge is 0.191 e. The van der Waals surface area contributed by atoms with E-state index in [0.29, 0.717) is 6.61 Å². The molecule has 26 heavy (non-hydrogen) atoms. The van der Waals surface area contributed by atoms with Crippen LogP contribution in [0.15, 0.2) is 29.3 Å². The van der Waals surface area contributed by atoms with Crippen LogP contribution in [0.5, 0.6) is 0 Å². The Hall–Kier alpha value is -0.900. The number of benzene rings is 1. The minimum absolute atomic E-state index is 0. The van der Waals surface area contributed by atoms with E-state index in [0.717, 1.165) is 45.0 Å². The molecule has 1 saturated heterocycles. The van der Waals surface area contributed by atoms with Crippen molar-refractivity contribution in [3.63, 3.8) is 0 Å². The maximum Gasteiger partial charge on any atom is 0.191 e. The fourth-order valence-electron chi connectivity index (χ4n) is 3.19. The molecule has 3 N–H and O–H groups in total. The van der Waals surface area contributed by atoms with Crippen LogP contribution in [0.3, 0.4) is 0 Å². The minimum Gasteiger partial charge on any atom is -0.396 e. The van der Waals surface area contributed by atoms with Crippen molar-refractivity contribution in [2.45, 2.75) is 25.9 Å². The van der Waals surface area contributed by atoms with Gasteiger partial charge in [0.2, 0.25) is 0 Å². The molecule has 1 unspecified atom stereocenters. The molecule has 1 fully saturated rings. The second kappa shape index (κ2) is 11.7. The van der Waals surface area contributed by atoms with Gasteiger partial charge in [0.05, 0.1) is 6.61 Å². The first kappa shape index (κ1) is 23.1. The van der Waals surface area contributed by atoms with Crippen LogP contribution in [0.2, 0.25) is 0 Å². The summed E-state index contributed by atoms with van der Waals surface area (Å²) in [5, 5.41) is 16.1. The lowest BCUT2D eigenvalue weighted by Gasteiger charge is -2.27. The van der Waals surface area contributed by atoms with Crippen LogP contribution >= 0.6 is 24.0 Å². The lowest BCUT2D eigenvalue weighted by Crippen LogP contribution is -2.44. The fraction of sp³-hybridized carbons (Fsp3) is 0.632. The molecule has 1 aliphatic rings. The predicted molar refractivity (Wildman–Crippen MR) is 117 cm³/mol. The van der Waals surface area contributed by atoms with E-state index >= 15 is 0 Å². The van der Waals surface area contributed by atoms with Gasteiger partial charge in [-0.25, -0.2) is 0 Å². The number of hydrogen-bond donors (Lipinski definition) is 3. The van der Waals surface area contributed by atoms with Crippen LogP contribution in [0.4, 0.5) is 0 Å². The molecular formula is C19H33IN4O2. The second-order valence-electron chi connectivity index (χ2n) is 7.11. The monoisotopic (exact) mass is 476 g/mol. The van der Waals surface area contributed by atoms with Gasteiger partial charge in [0.1, 0.15) is 0 Å². The number of aliphatic hydroxyl groups is 1. The Bertz CT molecular complexity index is 560. The first-order valence-corrected chi connectivity index (χ1v) is 8.92. The van der Waals surface area contributed by atoms with E-state index in [4.69, 9.17) is 4.74 Å². The van der Waals surface area contributed by atoms with Crippen molar-refractivity contribution in [3.8, 4) is 0 Å². The third kappa shape index (κ3) is 7.38. The molecule has 0 radical (unpaired) electrons. The minimum atomic E-state index is 0. The molecule has 1 aliphatic heterocycles. The number of nitrogens with zero attached hydrogens (tertiary/aromatic N) is 2. The summed E-state index contributed by atoms with van der Waals surface area (Å²) in [7, 11) is 5.93. The fourth-order valence-corrected chi connectivity index (χ4v) is 3.19. The number of aliphatic imine (C=N–C) groups is 1. The molecule has 148 valence electrons.